The zero-order valence-corrected chi connectivity index (χ0v) is 18.2. The first-order valence-corrected chi connectivity index (χ1v) is 10.2. The highest BCUT2D eigenvalue weighted by atomic mass is 35.5. The summed E-state index contributed by atoms with van der Waals surface area (Å²) in [6, 6.07) is 4.88. The Morgan fingerprint density at radius 2 is 2.24 bits per heavy atom. The molecule has 0 bridgehead atoms. The van der Waals surface area contributed by atoms with Crippen molar-refractivity contribution >= 4 is 34.6 Å². The van der Waals surface area contributed by atoms with Crippen molar-refractivity contribution < 1.29 is 24.1 Å². The minimum absolute atomic E-state index is 0.0493. The third-order valence-electron chi connectivity index (χ3n) is 5.43. The smallest absolute Gasteiger partial charge is 0.429 e. The van der Waals surface area contributed by atoms with Crippen LogP contribution in [0.5, 0.6) is 0 Å². The first kappa shape index (κ1) is 22.6. The van der Waals surface area contributed by atoms with Gasteiger partial charge in [0.05, 0.1) is 17.6 Å². The molecule has 1 saturated heterocycles. The maximum Gasteiger partial charge on any atom is 0.509 e. The Balaban J connectivity index is 1.53. The van der Waals surface area contributed by atoms with Gasteiger partial charge in [0.15, 0.2) is 11.7 Å². The third kappa shape index (κ3) is 4.11. The van der Waals surface area contributed by atoms with Gasteiger partial charge in [-0.1, -0.05) is 5.92 Å². The number of terminal acetylenes is 1. The van der Waals surface area contributed by atoms with E-state index < -0.39 is 30.7 Å². The van der Waals surface area contributed by atoms with Crippen molar-refractivity contribution in [2.24, 2.45) is 7.05 Å². The largest absolute Gasteiger partial charge is 0.509 e. The number of fused-ring (bicyclic) bond motifs is 1. The molecule has 0 unspecified atom stereocenters. The normalized spacial score (nSPS) is 22.2. The van der Waals surface area contributed by atoms with Crippen LogP contribution in [0.15, 0.2) is 35.4 Å². The SMILES string of the molecule is C#C[C@]1(CO)O[C@@H](n2ccc3c(N)nc(Cl)nc32)C[C@@H]1OC(=O)OCc1cccn(C)c1=O. The van der Waals surface area contributed by atoms with Gasteiger partial charge in [0.1, 0.15) is 24.3 Å². The minimum atomic E-state index is -1.62. The fourth-order valence-corrected chi connectivity index (χ4v) is 3.85. The number of hydrogen-bond acceptors (Lipinski definition) is 9. The second kappa shape index (κ2) is 8.74. The van der Waals surface area contributed by atoms with Crippen LogP contribution in [0, 0.1) is 12.3 Å². The molecule has 4 heterocycles. The quantitative estimate of drug-likeness (QED) is 0.319. The monoisotopic (exact) mass is 473 g/mol. The number of anilines is 1. The van der Waals surface area contributed by atoms with Gasteiger partial charge >= 0.3 is 6.16 Å². The van der Waals surface area contributed by atoms with Crippen LogP contribution in [0.2, 0.25) is 5.28 Å². The Labute approximate surface area is 192 Å². The number of rotatable bonds is 5. The van der Waals surface area contributed by atoms with Gasteiger partial charge < -0.3 is 34.2 Å². The molecule has 11 nitrogen and oxygen atoms in total. The molecule has 0 amide bonds. The molecule has 0 aliphatic carbocycles. The number of aliphatic hydroxyl groups excluding tert-OH is 1. The topological polar surface area (TPSA) is 144 Å². The Kier molecular flexibility index (Phi) is 5.99. The minimum Gasteiger partial charge on any atom is -0.429 e. The molecule has 0 radical (unpaired) electrons. The van der Waals surface area contributed by atoms with Gasteiger partial charge in [-0.05, 0) is 29.8 Å². The summed E-state index contributed by atoms with van der Waals surface area (Å²) in [6.07, 6.45) is 6.09. The number of aliphatic hydroxyl groups is 1. The summed E-state index contributed by atoms with van der Waals surface area (Å²) >= 11 is 5.94. The Hall–Kier alpha value is -3.59. The van der Waals surface area contributed by atoms with Crippen LogP contribution in [-0.2, 0) is 27.9 Å². The lowest BCUT2D eigenvalue weighted by atomic mass is 9.99. The van der Waals surface area contributed by atoms with Crippen molar-refractivity contribution in [2.45, 2.75) is 31.0 Å². The predicted molar refractivity (Wildman–Crippen MR) is 117 cm³/mol. The summed E-state index contributed by atoms with van der Waals surface area (Å²) in [5, 5.41) is 10.5. The zero-order valence-electron chi connectivity index (χ0n) is 17.5. The number of carbonyl (C=O) groups excluding carboxylic acids is 1. The lowest BCUT2D eigenvalue weighted by Crippen LogP contribution is -2.44. The van der Waals surface area contributed by atoms with E-state index in [-0.39, 0.29) is 35.3 Å². The summed E-state index contributed by atoms with van der Waals surface area (Å²) in [4.78, 5) is 32.5. The Morgan fingerprint density at radius 3 is 2.97 bits per heavy atom. The van der Waals surface area contributed by atoms with E-state index in [9.17, 15) is 14.7 Å². The number of aromatic nitrogens is 4. The highest BCUT2D eigenvalue weighted by Gasteiger charge is 2.51. The Bertz CT molecular complexity index is 1310. The lowest BCUT2D eigenvalue weighted by Gasteiger charge is -2.26. The van der Waals surface area contributed by atoms with Gasteiger partial charge in [-0.25, -0.2) is 9.78 Å². The van der Waals surface area contributed by atoms with Gasteiger partial charge in [-0.2, -0.15) is 4.98 Å². The number of nitrogens with zero attached hydrogens (tertiary/aromatic N) is 4. The van der Waals surface area contributed by atoms with Gasteiger partial charge in [0.25, 0.3) is 5.56 Å². The lowest BCUT2D eigenvalue weighted by molar-refractivity contribution is -0.0980. The van der Waals surface area contributed by atoms with Crippen LogP contribution in [0.25, 0.3) is 11.0 Å². The van der Waals surface area contributed by atoms with Crippen molar-refractivity contribution in [1.82, 2.24) is 19.1 Å². The van der Waals surface area contributed by atoms with Crippen LogP contribution in [0.1, 0.15) is 18.2 Å². The molecule has 3 N–H and O–H groups in total. The molecule has 3 atom stereocenters. The summed E-state index contributed by atoms with van der Waals surface area (Å²) in [6.45, 7) is -0.906. The maximum atomic E-state index is 12.4. The molecule has 1 fully saturated rings. The number of aryl methyl sites for hydroxylation is 1. The number of nitrogen functional groups attached to an aromatic ring is 1. The summed E-state index contributed by atoms with van der Waals surface area (Å²) in [7, 11) is 1.58. The van der Waals surface area contributed by atoms with E-state index in [2.05, 4.69) is 15.9 Å². The molecule has 4 rings (SSSR count). The van der Waals surface area contributed by atoms with Crippen molar-refractivity contribution in [1.29, 1.82) is 0 Å². The van der Waals surface area contributed by atoms with Gasteiger partial charge in [-0.15, -0.1) is 6.42 Å². The molecular formula is C21H20ClN5O6. The van der Waals surface area contributed by atoms with Crippen molar-refractivity contribution in [3.8, 4) is 12.3 Å². The number of hydrogen-bond donors (Lipinski definition) is 2. The number of ether oxygens (including phenoxy) is 3. The summed E-state index contributed by atoms with van der Waals surface area (Å²) in [5.41, 5.74) is 4.64. The molecular weight excluding hydrogens is 454 g/mol. The van der Waals surface area contributed by atoms with Gasteiger partial charge in [-0.3, -0.25) is 4.79 Å². The fourth-order valence-electron chi connectivity index (χ4n) is 3.68. The molecule has 172 valence electrons. The third-order valence-corrected chi connectivity index (χ3v) is 5.60. The molecule has 3 aromatic heterocycles. The summed E-state index contributed by atoms with van der Waals surface area (Å²) < 4.78 is 19.4. The average Bonchev–Trinajstić information content (AvgIpc) is 3.36. The first-order chi connectivity index (χ1) is 15.8. The maximum absolute atomic E-state index is 12.4. The van der Waals surface area contributed by atoms with Gasteiger partial charge in [0, 0.05) is 25.9 Å². The van der Waals surface area contributed by atoms with Crippen molar-refractivity contribution in [3.05, 3.63) is 51.8 Å². The zero-order chi connectivity index (χ0) is 23.8. The standard InChI is InChI=1S/C21H20ClN5O6/c1-3-21(11-28)14(32-20(30)31-10-12-5-4-7-26(2)18(12)29)9-15(33-21)27-8-6-13-16(23)24-19(22)25-17(13)27/h1,4-8,14-15,28H,9-11H2,2H3,(H2,23,24,25)/t14-,15+,21+/m0/s1. The van der Waals surface area contributed by atoms with E-state index in [1.54, 1.807) is 42.2 Å². The first-order valence-electron chi connectivity index (χ1n) is 9.82. The van der Waals surface area contributed by atoms with Crippen LogP contribution in [0.3, 0.4) is 0 Å². The van der Waals surface area contributed by atoms with Crippen LogP contribution < -0.4 is 11.3 Å². The van der Waals surface area contributed by atoms with Gasteiger partial charge in [0.2, 0.25) is 5.28 Å². The Morgan fingerprint density at radius 1 is 1.45 bits per heavy atom. The predicted octanol–water partition coefficient (Wildman–Crippen LogP) is 1.37. The fraction of sp³-hybridized carbons (Fsp3) is 0.333. The highest BCUT2D eigenvalue weighted by Crippen LogP contribution is 2.40. The van der Waals surface area contributed by atoms with E-state index in [1.807, 2.05) is 0 Å². The van der Waals surface area contributed by atoms with Crippen LogP contribution >= 0.6 is 11.6 Å². The van der Waals surface area contributed by atoms with Crippen molar-refractivity contribution in [2.75, 3.05) is 12.3 Å². The summed E-state index contributed by atoms with van der Waals surface area (Å²) in [5.74, 6) is 2.57. The number of carbonyl (C=O) groups is 1. The van der Waals surface area contributed by atoms with E-state index >= 15 is 0 Å². The molecule has 1 aliphatic heterocycles. The molecule has 0 spiro atoms. The molecule has 33 heavy (non-hydrogen) atoms. The van der Waals surface area contributed by atoms with E-state index in [0.717, 1.165) is 0 Å². The molecule has 0 aromatic carbocycles. The van der Waals surface area contributed by atoms with E-state index in [0.29, 0.717) is 11.0 Å². The number of halogens is 1. The number of nitrogens with two attached hydrogens (primary N) is 1. The molecule has 3 aromatic rings. The van der Waals surface area contributed by atoms with Crippen LogP contribution in [0.4, 0.5) is 10.6 Å². The average molecular weight is 474 g/mol. The second-order valence-corrected chi connectivity index (χ2v) is 7.77. The van der Waals surface area contributed by atoms with E-state index in [1.165, 1.54) is 4.57 Å². The molecule has 0 saturated carbocycles. The van der Waals surface area contributed by atoms with Crippen LogP contribution in [-0.4, -0.2) is 48.7 Å². The van der Waals surface area contributed by atoms with E-state index in [4.69, 9.17) is 38.0 Å². The molecule has 1 aliphatic rings. The second-order valence-electron chi connectivity index (χ2n) is 7.43. The highest BCUT2D eigenvalue weighted by molar-refractivity contribution is 6.28. The number of pyridine rings is 1. The molecule has 12 heteroatoms. The van der Waals surface area contributed by atoms with Crippen molar-refractivity contribution in [3.63, 3.8) is 0 Å².